The predicted octanol–water partition coefficient (Wildman–Crippen LogP) is 8.14. The van der Waals surface area contributed by atoms with Gasteiger partial charge >= 0.3 is 6.18 Å². The Morgan fingerprint density at radius 1 is 0.841 bits per heavy atom. The molecular formula is C35H39Cl2F3N2O2. The van der Waals surface area contributed by atoms with Gasteiger partial charge in [-0.15, -0.1) is 12.4 Å². The maximum absolute atomic E-state index is 13.7. The zero-order valence-electron chi connectivity index (χ0n) is 24.7. The lowest BCUT2D eigenvalue weighted by Crippen LogP contribution is -2.45. The van der Waals surface area contributed by atoms with Crippen LogP contribution in [0.1, 0.15) is 41.2 Å². The van der Waals surface area contributed by atoms with Gasteiger partial charge < -0.3 is 15.2 Å². The highest BCUT2D eigenvalue weighted by atomic mass is 35.5. The van der Waals surface area contributed by atoms with E-state index in [9.17, 15) is 13.2 Å². The molecule has 0 spiro atoms. The van der Waals surface area contributed by atoms with Gasteiger partial charge in [-0.3, -0.25) is 4.90 Å². The fraction of sp³-hybridized carbons (Fsp3) is 0.314. The zero-order valence-corrected chi connectivity index (χ0v) is 26.3. The first-order chi connectivity index (χ1) is 20.7. The molecule has 0 aliphatic heterocycles. The van der Waals surface area contributed by atoms with Crippen molar-refractivity contribution in [1.29, 1.82) is 0 Å². The van der Waals surface area contributed by atoms with Crippen LogP contribution in [0.3, 0.4) is 0 Å². The smallest absolute Gasteiger partial charge is 0.417 e. The molecule has 0 fully saturated rings. The molecule has 0 unspecified atom stereocenters. The molecule has 4 aromatic rings. The molecular weight excluding hydrogens is 608 g/mol. The third-order valence-corrected chi connectivity index (χ3v) is 8.11. The quantitative estimate of drug-likeness (QED) is 0.128. The standard InChI is InChI=1S/C35H38ClF3N2O2.ClH/c1-34(29-13-4-2-5-14-29,30-15-6-3-7-16-30)41(26-28-12-9-18-32(33(28)36)35(37,38)39)22-10-24-43-31-17-8-11-27(25-31)19-20-40-21-23-42;/h2-9,11-18,25,40,42H,10,19-24,26H2,1H3;1H. The number of nitrogens with one attached hydrogen (secondary N) is 1. The van der Waals surface area contributed by atoms with E-state index in [1.54, 1.807) is 6.07 Å². The van der Waals surface area contributed by atoms with Crippen molar-refractivity contribution in [3.8, 4) is 5.75 Å². The SMILES string of the molecule is CC(c1ccccc1)(c1ccccc1)N(CCCOc1cccc(CCNCCO)c1)Cc1cccc(C(F)(F)F)c1Cl.Cl. The Morgan fingerprint density at radius 2 is 1.48 bits per heavy atom. The fourth-order valence-corrected chi connectivity index (χ4v) is 5.61. The Labute approximate surface area is 269 Å². The normalized spacial score (nSPS) is 11.8. The van der Waals surface area contributed by atoms with Gasteiger partial charge in [0.2, 0.25) is 0 Å². The van der Waals surface area contributed by atoms with Crippen molar-refractivity contribution in [2.45, 2.75) is 38.0 Å². The minimum atomic E-state index is -4.54. The summed E-state index contributed by atoms with van der Waals surface area (Å²) in [7, 11) is 0. The van der Waals surface area contributed by atoms with E-state index in [1.165, 1.54) is 6.07 Å². The van der Waals surface area contributed by atoms with Crippen LogP contribution in [0.15, 0.2) is 103 Å². The molecule has 0 radical (unpaired) electrons. The third kappa shape index (κ3) is 9.22. The van der Waals surface area contributed by atoms with Crippen molar-refractivity contribution in [1.82, 2.24) is 10.2 Å². The lowest BCUT2D eigenvalue weighted by Gasteiger charge is -2.43. The molecule has 236 valence electrons. The second kappa shape index (κ2) is 16.8. The molecule has 0 saturated heterocycles. The Bertz CT molecular complexity index is 1380. The highest BCUT2D eigenvalue weighted by Crippen LogP contribution is 2.40. The van der Waals surface area contributed by atoms with Crippen LogP contribution in [-0.4, -0.2) is 42.9 Å². The molecule has 2 N–H and O–H groups in total. The molecule has 0 heterocycles. The van der Waals surface area contributed by atoms with E-state index in [4.69, 9.17) is 21.4 Å². The molecule has 44 heavy (non-hydrogen) atoms. The van der Waals surface area contributed by atoms with Gasteiger partial charge in [0.05, 0.1) is 29.3 Å². The van der Waals surface area contributed by atoms with Crippen LogP contribution in [0, 0.1) is 0 Å². The molecule has 4 rings (SSSR count). The van der Waals surface area contributed by atoms with E-state index in [1.807, 2.05) is 84.9 Å². The van der Waals surface area contributed by atoms with Crippen molar-refractivity contribution < 1.29 is 23.0 Å². The summed E-state index contributed by atoms with van der Waals surface area (Å²) in [5, 5.41) is 11.9. The number of hydrogen-bond acceptors (Lipinski definition) is 4. The highest BCUT2D eigenvalue weighted by molar-refractivity contribution is 6.32. The number of ether oxygens (including phenoxy) is 1. The summed E-state index contributed by atoms with van der Waals surface area (Å²) in [4.78, 5) is 2.19. The Morgan fingerprint density at radius 3 is 2.09 bits per heavy atom. The zero-order chi connectivity index (χ0) is 30.7. The monoisotopic (exact) mass is 646 g/mol. The Kier molecular flexibility index (Phi) is 13.6. The number of aliphatic hydroxyl groups is 1. The van der Waals surface area contributed by atoms with E-state index in [0.717, 1.165) is 41.5 Å². The topological polar surface area (TPSA) is 44.7 Å². The Hall–Kier alpha value is -3.07. The van der Waals surface area contributed by atoms with Crippen molar-refractivity contribution in [3.05, 3.63) is 136 Å². The van der Waals surface area contributed by atoms with E-state index >= 15 is 0 Å². The molecule has 0 bridgehead atoms. The number of nitrogens with zero attached hydrogens (tertiary/aromatic N) is 1. The predicted molar refractivity (Wildman–Crippen MR) is 174 cm³/mol. The van der Waals surface area contributed by atoms with Gasteiger partial charge in [0.25, 0.3) is 0 Å². The lowest BCUT2D eigenvalue weighted by atomic mass is 9.82. The maximum Gasteiger partial charge on any atom is 0.417 e. The minimum Gasteiger partial charge on any atom is -0.494 e. The van der Waals surface area contributed by atoms with Crippen LogP contribution >= 0.6 is 24.0 Å². The largest absolute Gasteiger partial charge is 0.494 e. The van der Waals surface area contributed by atoms with Crippen LogP contribution in [-0.2, 0) is 24.7 Å². The lowest BCUT2D eigenvalue weighted by molar-refractivity contribution is -0.137. The van der Waals surface area contributed by atoms with Gasteiger partial charge in [-0.1, -0.05) is 96.5 Å². The average molecular weight is 648 g/mol. The van der Waals surface area contributed by atoms with Crippen LogP contribution in [0.2, 0.25) is 5.02 Å². The van der Waals surface area contributed by atoms with Gasteiger partial charge in [0.15, 0.2) is 0 Å². The molecule has 0 amide bonds. The summed E-state index contributed by atoms with van der Waals surface area (Å²) in [5.74, 6) is 0.765. The van der Waals surface area contributed by atoms with Crippen molar-refractivity contribution in [2.75, 3.05) is 32.8 Å². The fourth-order valence-electron chi connectivity index (χ4n) is 5.32. The van der Waals surface area contributed by atoms with Gasteiger partial charge in [-0.2, -0.15) is 13.2 Å². The van der Waals surface area contributed by atoms with E-state index < -0.39 is 17.3 Å². The highest BCUT2D eigenvalue weighted by Gasteiger charge is 2.37. The van der Waals surface area contributed by atoms with E-state index in [-0.39, 0.29) is 30.6 Å². The van der Waals surface area contributed by atoms with E-state index in [0.29, 0.717) is 31.7 Å². The van der Waals surface area contributed by atoms with Crippen LogP contribution in [0.25, 0.3) is 0 Å². The van der Waals surface area contributed by atoms with E-state index in [2.05, 4.69) is 17.1 Å². The van der Waals surface area contributed by atoms with Crippen LogP contribution < -0.4 is 10.1 Å². The van der Waals surface area contributed by atoms with Gasteiger partial charge in [-0.25, -0.2) is 0 Å². The van der Waals surface area contributed by atoms with Gasteiger partial charge in [-0.05, 0) is 66.8 Å². The molecule has 0 aromatic heterocycles. The summed E-state index contributed by atoms with van der Waals surface area (Å²) in [5.41, 5.74) is 2.09. The number of benzene rings is 4. The molecule has 0 aliphatic rings. The summed E-state index contributed by atoms with van der Waals surface area (Å²) < 4.78 is 47.4. The molecule has 0 atom stereocenters. The number of rotatable bonds is 15. The first-order valence-electron chi connectivity index (χ1n) is 14.5. The second-order valence-electron chi connectivity index (χ2n) is 10.6. The Balaban J connectivity index is 0.00000529. The van der Waals surface area contributed by atoms with Gasteiger partial charge in [0, 0.05) is 19.6 Å². The minimum absolute atomic E-state index is 0. The first kappa shape index (κ1) is 35.4. The molecule has 0 saturated carbocycles. The van der Waals surface area contributed by atoms with Crippen molar-refractivity contribution in [2.24, 2.45) is 0 Å². The van der Waals surface area contributed by atoms with Gasteiger partial charge in [0.1, 0.15) is 5.75 Å². The summed E-state index contributed by atoms with van der Waals surface area (Å²) in [6.45, 7) is 4.70. The number of halogens is 5. The molecule has 4 nitrogen and oxygen atoms in total. The summed E-state index contributed by atoms with van der Waals surface area (Å²) in [6, 6.07) is 32.0. The maximum atomic E-state index is 13.7. The first-order valence-corrected chi connectivity index (χ1v) is 14.8. The molecule has 0 aliphatic carbocycles. The second-order valence-corrected chi connectivity index (χ2v) is 11.0. The van der Waals surface area contributed by atoms with Crippen LogP contribution in [0.4, 0.5) is 13.2 Å². The average Bonchev–Trinajstić information content (AvgIpc) is 3.02. The number of alkyl halides is 3. The molecule has 4 aromatic carbocycles. The summed E-state index contributed by atoms with van der Waals surface area (Å²) >= 11 is 6.40. The molecule has 9 heteroatoms. The number of hydrogen-bond donors (Lipinski definition) is 2. The third-order valence-electron chi connectivity index (χ3n) is 7.67. The summed E-state index contributed by atoms with van der Waals surface area (Å²) in [6.07, 6.45) is -3.10. The van der Waals surface area contributed by atoms with Crippen molar-refractivity contribution in [3.63, 3.8) is 0 Å². The number of aliphatic hydroxyl groups excluding tert-OH is 1. The van der Waals surface area contributed by atoms with Crippen LogP contribution in [0.5, 0.6) is 5.75 Å². The van der Waals surface area contributed by atoms with Crippen molar-refractivity contribution >= 4 is 24.0 Å².